The normalized spacial score (nSPS) is 11.5. The van der Waals surface area contributed by atoms with Crippen LogP contribution in [-0.2, 0) is 26.9 Å². The predicted molar refractivity (Wildman–Crippen MR) is 121 cm³/mol. The maximum absolute atomic E-state index is 12.8. The highest BCUT2D eigenvalue weighted by molar-refractivity contribution is 7.90. The molecule has 2 heterocycles. The number of esters is 1. The zero-order valence-electron chi connectivity index (χ0n) is 17.9. The molecule has 0 aliphatic heterocycles. The van der Waals surface area contributed by atoms with Crippen molar-refractivity contribution in [2.75, 3.05) is 7.11 Å². The lowest BCUT2D eigenvalue weighted by molar-refractivity contribution is 0.0593. The van der Waals surface area contributed by atoms with Gasteiger partial charge in [0.1, 0.15) is 18.1 Å². The number of carbonyl (C=O) groups is 1. The van der Waals surface area contributed by atoms with Gasteiger partial charge in [-0.15, -0.1) is 0 Å². The van der Waals surface area contributed by atoms with Crippen molar-refractivity contribution in [2.24, 2.45) is 0 Å². The number of fused-ring (bicyclic) bond motifs is 1. The highest BCUT2D eigenvalue weighted by Gasteiger charge is 2.23. The topological polar surface area (TPSA) is 131 Å². The molecule has 0 unspecified atom stereocenters. The maximum Gasteiger partial charge on any atom is 0.356 e. The number of aromatic amines is 2. The Bertz CT molecular complexity index is 1490. The number of hydrogen-bond acceptors (Lipinski definition) is 7. The summed E-state index contributed by atoms with van der Waals surface area (Å²) in [5.74, 6) is -0.905. The number of aromatic nitrogens is 3. The second-order valence-corrected chi connectivity index (χ2v) is 9.37. The molecule has 0 saturated carbocycles. The number of nitrogens with one attached hydrogen (secondary N) is 2. The van der Waals surface area contributed by atoms with Crippen LogP contribution in [0.5, 0.6) is 5.75 Å². The molecule has 0 saturated heterocycles. The van der Waals surface area contributed by atoms with E-state index in [-0.39, 0.29) is 16.3 Å². The minimum Gasteiger partial charge on any atom is -0.489 e. The zero-order chi connectivity index (χ0) is 23.6. The van der Waals surface area contributed by atoms with Crippen molar-refractivity contribution in [1.29, 1.82) is 0 Å². The first kappa shape index (κ1) is 22.3. The van der Waals surface area contributed by atoms with Crippen LogP contribution in [0.25, 0.3) is 10.9 Å². The molecule has 0 aliphatic carbocycles. The summed E-state index contributed by atoms with van der Waals surface area (Å²) >= 11 is 0. The number of carbonyl (C=O) groups excluding carboxylic acids is 1. The summed E-state index contributed by atoms with van der Waals surface area (Å²) in [6.45, 7) is 2.21. The second-order valence-electron chi connectivity index (χ2n) is 7.38. The highest BCUT2D eigenvalue weighted by Crippen LogP contribution is 2.23. The van der Waals surface area contributed by atoms with E-state index in [4.69, 9.17) is 4.74 Å². The fraction of sp³-hybridized carbons (Fsp3) is 0.174. The third-order valence-electron chi connectivity index (χ3n) is 5.04. The molecule has 2 N–H and O–H groups in total. The third kappa shape index (κ3) is 4.80. The zero-order valence-corrected chi connectivity index (χ0v) is 18.7. The molecule has 33 heavy (non-hydrogen) atoms. The molecule has 2 aromatic carbocycles. The van der Waals surface area contributed by atoms with Crippen LogP contribution >= 0.6 is 0 Å². The molecular formula is C23H21N3O6S. The van der Waals surface area contributed by atoms with E-state index >= 15 is 0 Å². The maximum atomic E-state index is 12.8. The number of para-hydroxylation sites is 1. The molecule has 0 aliphatic rings. The quantitative estimate of drug-likeness (QED) is 0.400. The van der Waals surface area contributed by atoms with E-state index in [1.165, 1.54) is 12.1 Å². The first-order valence-electron chi connectivity index (χ1n) is 9.97. The van der Waals surface area contributed by atoms with Crippen LogP contribution < -0.4 is 10.4 Å². The summed E-state index contributed by atoms with van der Waals surface area (Å²) in [6.07, 6.45) is 0. The van der Waals surface area contributed by atoms with Gasteiger partial charge in [0.15, 0.2) is 9.84 Å². The number of pyridine rings is 1. The van der Waals surface area contributed by atoms with Gasteiger partial charge in [-0.25, -0.2) is 18.0 Å². The summed E-state index contributed by atoms with van der Waals surface area (Å²) in [5, 5.41) is 0.990. The number of benzene rings is 2. The van der Waals surface area contributed by atoms with Gasteiger partial charge >= 0.3 is 11.7 Å². The molecule has 170 valence electrons. The fourth-order valence-electron chi connectivity index (χ4n) is 3.50. The van der Waals surface area contributed by atoms with Gasteiger partial charge in [0.2, 0.25) is 0 Å². The Morgan fingerprint density at radius 1 is 1.06 bits per heavy atom. The number of sulfone groups is 1. The van der Waals surface area contributed by atoms with E-state index in [0.29, 0.717) is 12.4 Å². The van der Waals surface area contributed by atoms with Gasteiger partial charge in [-0.05, 0) is 43.3 Å². The van der Waals surface area contributed by atoms with Crippen molar-refractivity contribution in [3.8, 4) is 5.75 Å². The average molecular weight is 468 g/mol. The number of H-pyrrole nitrogens is 2. The minimum absolute atomic E-state index is 0.0259. The van der Waals surface area contributed by atoms with E-state index in [9.17, 15) is 18.0 Å². The lowest BCUT2D eigenvalue weighted by Gasteiger charge is -2.11. The van der Waals surface area contributed by atoms with Crippen molar-refractivity contribution < 1.29 is 22.7 Å². The SMILES string of the molecule is COC(=O)c1[nH]c(=O)[nH]c1CS(=O)(=O)c1ccc(OCc2cc(C)nc3ccccc23)cc1. The molecule has 0 fully saturated rings. The molecule has 0 spiro atoms. The lowest BCUT2D eigenvalue weighted by Crippen LogP contribution is -2.11. The number of rotatable bonds is 7. The van der Waals surface area contributed by atoms with Crippen LogP contribution in [0.3, 0.4) is 0 Å². The standard InChI is InChI=1S/C23H21N3O6S/c1-14-11-15(18-5-3-4-6-19(18)24-14)12-32-16-7-9-17(10-8-16)33(29,30)13-20-21(22(27)31-2)26-23(28)25-20/h3-11H,12-13H2,1-2H3,(H2,25,26,28). The average Bonchev–Trinajstić information content (AvgIpc) is 3.16. The number of methoxy groups -OCH3 is 1. The van der Waals surface area contributed by atoms with Gasteiger partial charge in [0, 0.05) is 16.6 Å². The van der Waals surface area contributed by atoms with Gasteiger partial charge in [0.25, 0.3) is 0 Å². The minimum atomic E-state index is -3.84. The Hall–Kier alpha value is -3.92. The van der Waals surface area contributed by atoms with E-state index in [0.717, 1.165) is 29.3 Å². The van der Waals surface area contributed by atoms with Crippen molar-refractivity contribution in [2.45, 2.75) is 24.2 Å². The van der Waals surface area contributed by atoms with Crippen LogP contribution in [0.1, 0.15) is 27.4 Å². The molecule has 9 nitrogen and oxygen atoms in total. The van der Waals surface area contributed by atoms with Crippen molar-refractivity contribution in [3.63, 3.8) is 0 Å². The molecule has 2 aromatic heterocycles. The Kier molecular flexibility index (Phi) is 6.01. The van der Waals surface area contributed by atoms with Gasteiger partial charge in [-0.2, -0.15) is 0 Å². The smallest absolute Gasteiger partial charge is 0.356 e. The van der Waals surface area contributed by atoms with E-state index in [1.807, 2.05) is 37.3 Å². The predicted octanol–water partition coefficient (Wildman–Crippen LogP) is 2.90. The summed E-state index contributed by atoms with van der Waals surface area (Å²) in [6, 6.07) is 15.7. The number of imidazole rings is 1. The van der Waals surface area contributed by atoms with Crippen molar-refractivity contribution in [1.82, 2.24) is 15.0 Å². The molecule has 10 heteroatoms. The fourth-order valence-corrected chi connectivity index (χ4v) is 4.81. The first-order chi connectivity index (χ1) is 15.8. The van der Waals surface area contributed by atoms with Gasteiger partial charge in [-0.3, -0.25) is 9.97 Å². The monoisotopic (exact) mass is 467 g/mol. The van der Waals surface area contributed by atoms with Crippen LogP contribution in [0.15, 0.2) is 64.3 Å². The highest BCUT2D eigenvalue weighted by atomic mass is 32.2. The number of aryl methyl sites for hydroxylation is 1. The van der Waals surface area contributed by atoms with Crippen LogP contribution in [0.2, 0.25) is 0 Å². The summed E-state index contributed by atoms with van der Waals surface area (Å²) in [7, 11) is -2.70. The van der Waals surface area contributed by atoms with Crippen LogP contribution in [0.4, 0.5) is 0 Å². The van der Waals surface area contributed by atoms with E-state index < -0.39 is 27.2 Å². The largest absolute Gasteiger partial charge is 0.489 e. The summed E-state index contributed by atoms with van der Waals surface area (Å²) in [4.78, 5) is 32.5. The summed E-state index contributed by atoms with van der Waals surface area (Å²) in [5.41, 5.74) is 1.76. The second kappa shape index (κ2) is 8.91. The third-order valence-corrected chi connectivity index (χ3v) is 6.69. The van der Waals surface area contributed by atoms with Gasteiger partial charge < -0.3 is 14.5 Å². The van der Waals surface area contributed by atoms with Gasteiger partial charge in [0.05, 0.1) is 29.0 Å². The Morgan fingerprint density at radius 3 is 2.52 bits per heavy atom. The number of hydrogen-bond donors (Lipinski definition) is 2. The number of nitrogens with zero attached hydrogens (tertiary/aromatic N) is 1. The van der Waals surface area contributed by atoms with Crippen LogP contribution in [0, 0.1) is 6.92 Å². The van der Waals surface area contributed by atoms with Crippen molar-refractivity contribution in [3.05, 3.63) is 87.7 Å². The molecule has 4 aromatic rings. The van der Waals surface area contributed by atoms with Gasteiger partial charge in [-0.1, -0.05) is 18.2 Å². The molecule has 0 amide bonds. The molecule has 0 radical (unpaired) electrons. The molecule has 4 rings (SSSR count). The number of ether oxygens (including phenoxy) is 2. The van der Waals surface area contributed by atoms with E-state index in [2.05, 4.69) is 19.7 Å². The Balaban J connectivity index is 1.51. The van der Waals surface area contributed by atoms with Crippen molar-refractivity contribution >= 4 is 26.7 Å². The Morgan fingerprint density at radius 2 is 1.79 bits per heavy atom. The van der Waals surface area contributed by atoms with Crippen LogP contribution in [-0.4, -0.2) is 36.4 Å². The Labute approximate surface area is 189 Å². The molecule has 0 atom stereocenters. The molecular weight excluding hydrogens is 446 g/mol. The lowest BCUT2D eigenvalue weighted by atomic mass is 10.1. The first-order valence-corrected chi connectivity index (χ1v) is 11.6. The van der Waals surface area contributed by atoms with E-state index in [1.54, 1.807) is 12.1 Å². The summed E-state index contributed by atoms with van der Waals surface area (Å²) < 4.78 is 36.1. The molecule has 0 bridgehead atoms.